The number of rotatable bonds is 9. The van der Waals surface area contributed by atoms with Gasteiger partial charge in [-0.15, -0.1) is 0 Å². The van der Waals surface area contributed by atoms with Gasteiger partial charge in [0.05, 0.1) is 4.92 Å². The third-order valence-electron chi connectivity index (χ3n) is 3.44. The Balaban J connectivity index is 2.95. The number of nitro groups is 1. The highest BCUT2D eigenvalue weighted by atomic mass is 32.2. The molecule has 0 radical (unpaired) electrons. The lowest BCUT2D eigenvalue weighted by Gasteiger charge is -2.29. The van der Waals surface area contributed by atoms with Crippen LogP contribution in [0.1, 0.15) is 34.1 Å². The van der Waals surface area contributed by atoms with Gasteiger partial charge < -0.3 is 14.7 Å². The summed E-state index contributed by atoms with van der Waals surface area (Å²) in [5, 5.41) is 20.1. The lowest BCUT2D eigenvalue weighted by atomic mass is 10.2. The van der Waals surface area contributed by atoms with Gasteiger partial charge in [0.1, 0.15) is 5.60 Å². The van der Waals surface area contributed by atoms with Gasteiger partial charge >= 0.3 is 6.09 Å². The highest BCUT2D eigenvalue weighted by Crippen LogP contribution is 2.23. The van der Waals surface area contributed by atoms with Crippen LogP contribution in [0.5, 0.6) is 0 Å². The van der Waals surface area contributed by atoms with E-state index in [1.54, 1.807) is 20.8 Å². The number of hydrogen-bond donors (Lipinski definition) is 2. The van der Waals surface area contributed by atoms with Crippen molar-refractivity contribution in [3.05, 3.63) is 34.4 Å². The third-order valence-corrected chi connectivity index (χ3v) is 5.08. The molecule has 0 saturated carbocycles. The number of nitro benzene ring substituents is 1. The van der Waals surface area contributed by atoms with Gasteiger partial charge in [-0.1, -0.05) is 12.1 Å². The van der Waals surface area contributed by atoms with Gasteiger partial charge in [0.15, 0.2) is 4.90 Å². The molecule has 0 bridgehead atoms. The van der Waals surface area contributed by atoms with E-state index in [2.05, 4.69) is 4.72 Å². The topological polar surface area (TPSA) is 139 Å². The molecule has 1 rings (SSSR count). The Morgan fingerprint density at radius 3 is 2.50 bits per heavy atom. The number of nitrogens with zero attached hydrogens (tertiary/aromatic N) is 2. The Kier molecular flexibility index (Phi) is 8.33. The largest absolute Gasteiger partial charge is 0.444 e. The van der Waals surface area contributed by atoms with Crippen molar-refractivity contribution in [3.8, 4) is 0 Å². The molecule has 0 fully saturated rings. The fourth-order valence-electron chi connectivity index (χ4n) is 2.38. The van der Waals surface area contributed by atoms with Gasteiger partial charge in [-0.05, 0) is 40.2 Å². The van der Waals surface area contributed by atoms with E-state index in [-0.39, 0.29) is 19.7 Å². The van der Waals surface area contributed by atoms with E-state index in [0.29, 0.717) is 6.42 Å². The number of sulfonamides is 1. The van der Waals surface area contributed by atoms with E-state index in [9.17, 15) is 23.3 Å². The molecule has 0 aliphatic heterocycles. The van der Waals surface area contributed by atoms with Crippen LogP contribution < -0.4 is 4.72 Å². The van der Waals surface area contributed by atoms with Crippen LogP contribution in [0, 0.1) is 10.1 Å². The maximum atomic E-state index is 12.6. The first-order valence-corrected chi connectivity index (χ1v) is 10.2. The number of carbonyl (C=O) groups excluding carboxylic acids is 1. The zero-order chi connectivity index (χ0) is 21.5. The van der Waals surface area contributed by atoms with E-state index >= 15 is 0 Å². The fraction of sp³-hybridized carbons (Fsp3) is 0.588. The van der Waals surface area contributed by atoms with Gasteiger partial charge in [-0.25, -0.2) is 17.9 Å². The number of aliphatic hydroxyl groups is 1. The highest BCUT2D eigenvalue weighted by molar-refractivity contribution is 7.89. The molecule has 0 unspecified atom stereocenters. The van der Waals surface area contributed by atoms with E-state index in [1.807, 2.05) is 0 Å². The molecule has 2 N–H and O–H groups in total. The van der Waals surface area contributed by atoms with Crippen LogP contribution in [0.2, 0.25) is 0 Å². The minimum Gasteiger partial charge on any atom is -0.444 e. The smallest absolute Gasteiger partial charge is 0.410 e. The first-order chi connectivity index (χ1) is 12.9. The van der Waals surface area contributed by atoms with Crippen molar-refractivity contribution in [2.24, 2.45) is 0 Å². The second-order valence-corrected chi connectivity index (χ2v) is 8.93. The zero-order valence-corrected chi connectivity index (χ0v) is 17.2. The highest BCUT2D eigenvalue weighted by Gasteiger charge is 2.29. The Morgan fingerprint density at radius 2 is 1.96 bits per heavy atom. The first-order valence-electron chi connectivity index (χ1n) is 8.72. The Bertz CT molecular complexity index is 790. The summed E-state index contributed by atoms with van der Waals surface area (Å²) in [6.07, 6.45) is -0.347. The second-order valence-electron chi connectivity index (χ2n) is 7.25. The van der Waals surface area contributed by atoms with Crippen molar-refractivity contribution in [3.63, 3.8) is 0 Å². The summed E-state index contributed by atoms with van der Waals surface area (Å²) in [7, 11) is -4.18. The van der Waals surface area contributed by atoms with Crippen LogP contribution in [0.4, 0.5) is 10.5 Å². The Hall–Kier alpha value is -2.24. The normalized spacial score (nSPS) is 13.0. The standard InChI is InChI=1S/C17H27N3O7S/c1-13(12-19(10-7-11-21)16(22)27-17(2,3)4)18-28(25,26)15-9-6-5-8-14(15)20(23)24/h5-6,8-9,13,18,21H,7,10-12H2,1-4H3/t13-/m0/s1. The number of ether oxygens (including phenoxy) is 1. The van der Waals surface area contributed by atoms with Gasteiger partial charge in [0.2, 0.25) is 10.0 Å². The van der Waals surface area contributed by atoms with E-state index in [0.717, 1.165) is 12.1 Å². The summed E-state index contributed by atoms with van der Waals surface area (Å²) in [4.78, 5) is 23.5. The molecule has 0 aliphatic rings. The number of amides is 1. The number of nitrogens with one attached hydrogen (secondary N) is 1. The summed E-state index contributed by atoms with van der Waals surface area (Å²) in [5.41, 5.74) is -1.27. The van der Waals surface area contributed by atoms with Gasteiger partial charge in [0, 0.05) is 31.8 Å². The molecule has 0 spiro atoms. The summed E-state index contributed by atoms with van der Waals surface area (Å²) in [6, 6.07) is 4.26. The zero-order valence-electron chi connectivity index (χ0n) is 16.4. The third kappa shape index (κ3) is 7.41. The van der Waals surface area contributed by atoms with Crippen molar-refractivity contribution < 1.29 is 28.0 Å². The van der Waals surface area contributed by atoms with Crippen LogP contribution in [0.15, 0.2) is 29.2 Å². The summed E-state index contributed by atoms with van der Waals surface area (Å²) in [5.74, 6) is 0. The lowest BCUT2D eigenvalue weighted by molar-refractivity contribution is -0.387. The maximum absolute atomic E-state index is 12.6. The van der Waals surface area contributed by atoms with Gasteiger partial charge in [-0.3, -0.25) is 10.1 Å². The van der Waals surface area contributed by atoms with Crippen molar-refractivity contribution in [2.75, 3.05) is 19.7 Å². The number of hydrogen-bond acceptors (Lipinski definition) is 7. The van der Waals surface area contributed by atoms with Gasteiger partial charge in [-0.2, -0.15) is 0 Å². The first kappa shape index (κ1) is 23.8. The molecule has 1 amide bonds. The molecule has 0 heterocycles. The molecular formula is C17H27N3O7S. The van der Waals surface area contributed by atoms with Crippen LogP contribution >= 0.6 is 0 Å². The van der Waals surface area contributed by atoms with Crippen LogP contribution in [-0.4, -0.2) is 60.8 Å². The molecule has 0 aromatic heterocycles. The quantitative estimate of drug-likeness (QED) is 0.462. The molecule has 11 heteroatoms. The molecule has 28 heavy (non-hydrogen) atoms. The Labute approximate surface area is 164 Å². The molecule has 10 nitrogen and oxygen atoms in total. The van der Waals surface area contributed by atoms with Crippen LogP contribution in [0.25, 0.3) is 0 Å². The monoisotopic (exact) mass is 417 g/mol. The van der Waals surface area contributed by atoms with E-state index < -0.39 is 43.3 Å². The number of para-hydroxylation sites is 1. The minimum absolute atomic E-state index is 0.0330. The number of carbonyl (C=O) groups is 1. The molecule has 0 aliphatic carbocycles. The fourth-order valence-corrected chi connectivity index (χ4v) is 3.78. The lowest BCUT2D eigenvalue weighted by Crippen LogP contribution is -2.46. The summed E-state index contributed by atoms with van der Waals surface area (Å²) < 4.78 is 32.8. The summed E-state index contributed by atoms with van der Waals surface area (Å²) >= 11 is 0. The molecule has 1 aromatic rings. The number of aliphatic hydroxyl groups excluding tert-OH is 1. The Morgan fingerprint density at radius 1 is 1.36 bits per heavy atom. The molecular weight excluding hydrogens is 390 g/mol. The van der Waals surface area contributed by atoms with Crippen molar-refractivity contribution in [1.82, 2.24) is 9.62 Å². The van der Waals surface area contributed by atoms with Crippen molar-refractivity contribution in [1.29, 1.82) is 0 Å². The summed E-state index contributed by atoms with van der Waals surface area (Å²) in [6.45, 7) is 6.64. The molecule has 1 aromatic carbocycles. The SMILES string of the molecule is C[C@@H](CN(CCCO)C(=O)OC(C)(C)C)NS(=O)(=O)c1ccccc1[N+](=O)[O-]. The van der Waals surface area contributed by atoms with Crippen molar-refractivity contribution in [2.45, 2.75) is 50.7 Å². The minimum atomic E-state index is -4.18. The maximum Gasteiger partial charge on any atom is 0.410 e. The average molecular weight is 417 g/mol. The van der Waals surface area contributed by atoms with Gasteiger partial charge in [0.25, 0.3) is 5.69 Å². The predicted molar refractivity (Wildman–Crippen MR) is 102 cm³/mol. The molecule has 158 valence electrons. The molecule has 0 saturated heterocycles. The number of benzene rings is 1. The average Bonchev–Trinajstić information content (AvgIpc) is 2.56. The van der Waals surface area contributed by atoms with Crippen molar-refractivity contribution >= 4 is 21.8 Å². The van der Waals surface area contributed by atoms with E-state index in [4.69, 9.17) is 9.84 Å². The predicted octanol–water partition coefficient (Wildman–Crippen LogP) is 1.88. The van der Waals surface area contributed by atoms with Crippen LogP contribution in [0.3, 0.4) is 0 Å². The van der Waals surface area contributed by atoms with Crippen LogP contribution in [-0.2, 0) is 14.8 Å². The molecule has 1 atom stereocenters. The van der Waals surface area contributed by atoms with E-state index in [1.165, 1.54) is 24.0 Å². The second kappa shape index (κ2) is 9.80.